The van der Waals surface area contributed by atoms with Crippen molar-refractivity contribution in [1.29, 1.82) is 0 Å². The van der Waals surface area contributed by atoms with Crippen LogP contribution in [-0.2, 0) is 0 Å². The molecule has 0 rings (SSSR count). The summed E-state index contributed by atoms with van der Waals surface area (Å²) in [5, 5.41) is 3.03. The third kappa shape index (κ3) is 3.28. The zero-order chi connectivity index (χ0) is 9.72. The predicted octanol–water partition coefficient (Wildman–Crippen LogP) is 2.44. The molecule has 0 aliphatic rings. The smallest absolute Gasteiger partial charge is 0.102 e. The van der Waals surface area contributed by atoms with Gasteiger partial charge in [-0.15, -0.1) is 0 Å². The van der Waals surface area contributed by atoms with Crippen LogP contribution in [0.3, 0.4) is 0 Å². The minimum atomic E-state index is 0.814. The van der Waals surface area contributed by atoms with Gasteiger partial charge < -0.3 is 10.2 Å². The number of nitrogens with zero attached hydrogens (tertiary/aromatic N) is 1. The van der Waals surface area contributed by atoms with E-state index < -0.39 is 0 Å². The lowest BCUT2D eigenvalue weighted by molar-refractivity contribution is 0.474. The molecule has 0 aromatic heterocycles. The van der Waals surface area contributed by atoms with Crippen molar-refractivity contribution in [2.45, 2.75) is 20.3 Å². The van der Waals surface area contributed by atoms with Crippen molar-refractivity contribution in [3.05, 3.63) is 37.0 Å². The summed E-state index contributed by atoms with van der Waals surface area (Å²) in [5.74, 6) is 0.814. The van der Waals surface area contributed by atoms with Crippen LogP contribution in [0.1, 0.15) is 20.3 Å². The first-order valence-electron chi connectivity index (χ1n) is 4.02. The van der Waals surface area contributed by atoms with Gasteiger partial charge in [0, 0.05) is 18.4 Å². The van der Waals surface area contributed by atoms with E-state index in [2.05, 4.69) is 32.0 Å². The fourth-order valence-electron chi connectivity index (χ4n) is 0.758. The Hall–Kier alpha value is -1.18. The number of rotatable bonds is 5. The Kier molecular flexibility index (Phi) is 4.19. The Morgan fingerprint density at radius 3 is 2.17 bits per heavy atom. The normalized spacial score (nSPS) is 8.92. The fraction of sp³-hybridized carbons (Fsp3) is 0.400. The summed E-state index contributed by atoms with van der Waals surface area (Å²) >= 11 is 0. The minimum Gasteiger partial charge on any atom is -0.347 e. The van der Waals surface area contributed by atoms with E-state index in [1.165, 1.54) is 0 Å². The summed E-state index contributed by atoms with van der Waals surface area (Å²) in [6.07, 6.45) is 0.924. The van der Waals surface area contributed by atoms with Crippen LogP contribution in [0.25, 0.3) is 0 Å². The van der Waals surface area contributed by atoms with Crippen molar-refractivity contribution >= 4 is 0 Å². The Morgan fingerprint density at radius 2 is 1.83 bits per heavy atom. The monoisotopic (exact) mass is 166 g/mol. The van der Waals surface area contributed by atoms with E-state index in [0.29, 0.717) is 0 Å². The third-order valence-corrected chi connectivity index (χ3v) is 1.65. The highest BCUT2D eigenvalue weighted by Gasteiger charge is 2.02. The number of hydrogen-bond donors (Lipinski definition) is 1. The molecule has 0 bridgehead atoms. The third-order valence-electron chi connectivity index (χ3n) is 1.65. The Morgan fingerprint density at radius 1 is 1.33 bits per heavy atom. The van der Waals surface area contributed by atoms with Crippen molar-refractivity contribution in [3.63, 3.8) is 0 Å². The van der Waals surface area contributed by atoms with Gasteiger partial charge in [-0.05, 0) is 13.3 Å². The van der Waals surface area contributed by atoms with Crippen LogP contribution in [-0.4, -0.2) is 11.9 Å². The first kappa shape index (κ1) is 10.8. The van der Waals surface area contributed by atoms with Crippen LogP contribution in [0.5, 0.6) is 0 Å². The topological polar surface area (TPSA) is 15.3 Å². The standard InChI is InChI=1S/C10H18N2/c1-7-9(4)12(6)10(5)11-8(2)3/h11H,2,4-5,7H2,1,3,6H3. The molecule has 0 radical (unpaired) electrons. The van der Waals surface area contributed by atoms with Crippen molar-refractivity contribution < 1.29 is 0 Å². The van der Waals surface area contributed by atoms with Gasteiger partial charge in [-0.3, -0.25) is 0 Å². The van der Waals surface area contributed by atoms with Gasteiger partial charge in [-0.25, -0.2) is 0 Å². The highest BCUT2D eigenvalue weighted by Crippen LogP contribution is 2.08. The second kappa shape index (κ2) is 4.65. The molecule has 0 aliphatic carbocycles. The molecule has 12 heavy (non-hydrogen) atoms. The van der Waals surface area contributed by atoms with E-state index in [-0.39, 0.29) is 0 Å². The van der Waals surface area contributed by atoms with Gasteiger partial charge in [-0.2, -0.15) is 0 Å². The summed E-state index contributed by atoms with van der Waals surface area (Å²) in [6.45, 7) is 15.4. The molecule has 0 fully saturated rings. The van der Waals surface area contributed by atoms with Crippen molar-refractivity contribution in [1.82, 2.24) is 10.2 Å². The van der Waals surface area contributed by atoms with E-state index in [9.17, 15) is 0 Å². The molecule has 2 nitrogen and oxygen atoms in total. The van der Waals surface area contributed by atoms with Crippen molar-refractivity contribution in [2.24, 2.45) is 0 Å². The van der Waals surface area contributed by atoms with Gasteiger partial charge in [0.2, 0.25) is 0 Å². The lowest BCUT2D eigenvalue weighted by Gasteiger charge is -2.23. The van der Waals surface area contributed by atoms with Crippen molar-refractivity contribution in [3.8, 4) is 0 Å². The van der Waals surface area contributed by atoms with Crippen LogP contribution in [0.4, 0.5) is 0 Å². The zero-order valence-corrected chi connectivity index (χ0v) is 8.28. The SMILES string of the molecule is C=C(C)NC(=C)N(C)C(=C)CC. The lowest BCUT2D eigenvalue weighted by atomic mass is 10.3. The van der Waals surface area contributed by atoms with E-state index in [1.54, 1.807) is 0 Å². The largest absolute Gasteiger partial charge is 0.347 e. The average Bonchev–Trinajstić information content (AvgIpc) is 2.00. The molecule has 2 heteroatoms. The Labute approximate surface area is 75.3 Å². The number of hydrogen-bond acceptors (Lipinski definition) is 2. The Balaban J connectivity index is 4.10. The molecule has 0 aromatic carbocycles. The Bertz CT molecular complexity index is 204. The maximum atomic E-state index is 3.90. The molecule has 0 unspecified atom stereocenters. The van der Waals surface area contributed by atoms with Gasteiger partial charge in [-0.1, -0.05) is 26.7 Å². The van der Waals surface area contributed by atoms with Crippen molar-refractivity contribution in [2.75, 3.05) is 7.05 Å². The molecule has 68 valence electrons. The van der Waals surface area contributed by atoms with Crippen LogP contribution in [0.15, 0.2) is 37.0 Å². The summed E-state index contributed by atoms with van der Waals surface area (Å²) in [6, 6.07) is 0. The van der Waals surface area contributed by atoms with E-state index in [4.69, 9.17) is 0 Å². The molecule has 1 N–H and O–H groups in total. The van der Waals surface area contributed by atoms with Gasteiger partial charge in [0.15, 0.2) is 0 Å². The second-order valence-electron chi connectivity index (χ2n) is 2.83. The maximum absolute atomic E-state index is 3.90. The maximum Gasteiger partial charge on any atom is 0.102 e. The van der Waals surface area contributed by atoms with Gasteiger partial charge in [0.25, 0.3) is 0 Å². The summed E-state index contributed by atoms with van der Waals surface area (Å²) in [7, 11) is 1.93. The highest BCUT2D eigenvalue weighted by atomic mass is 15.2. The predicted molar refractivity (Wildman–Crippen MR) is 54.3 cm³/mol. The van der Waals surface area contributed by atoms with E-state index in [1.807, 2.05) is 18.9 Å². The average molecular weight is 166 g/mol. The molecule has 0 aliphatic heterocycles. The quantitative estimate of drug-likeness (QED) is 0.675. The van der Waals surface area contributed by atoms with Gasteiger partial charge in [0.1, 0.15) is 5.82 Å². The van der Waals surface area contributed by atoms with Gasteiger partial charge in [0.05, 0.1) is 0 Å². The summed E-state index contributed by atoms with van der Waals surface area (Å²) < 4.78 is 0. The fourth-order valence-corrected chi connectivity index (χ4v) is 0.758. The van der Waals surface area contributed by atoms with E-state index >= 15 is 0 Å². The first-order chi connectivity index (χ1) is 5.49. The number of allylic oxidation sites excluding steroid dienone is 2. The molecule has 0 aromatic rings. The molecular formula is C10H18N2. The van der Waals surface area contributed by atoms with Crippen LogP contribution in [0, 0.1) is 0 Å². The number of nitrogens with one attached hydrogen (secondary N) is 1. The molecule has 0 saturated heterocycles. The zero-order valence-electron chi connectivity index (χ0n) is 8.28. The molecule has 0 saturated carbocycles. The lowest BCUT2D eigenvalue weighted by Crippen LogP contribution is -2.25. The van der Waals surface area contributed by atoms with Crippen LogP contribution >= 0.6 is 0 Å². The van der Waals surface area contributed by atoms with Crippen LogP contribution in [0.2, 0.25) is 0 Å². The molecule has 0 spiro atoms. The summed E-state index contributed by atoms with van der Waals surface area (Å²) in [5.41, 5.74) is 1.92. The first-order valence-corrected chi connectivity index (χ1v) is 4.02. The molecule has 0 atom stereocenters. The highest BCUT2D eigenvalue weighted by molar-refractivity contribution is 5.08. The minimum absolute atomic E-state index is 0.814. The van der Waals surface area contributed by atoms with Gasteiger partial charge >= 0.3 is 0 Å². The molecule has 0 heterocycles. The van der Waals surface area contributed by atoms with E-state index in [0.717, 1.165) is 23.6 Å². The molecular weight excluding hydrogens is 148 g/mol. The second-order valence-corrected chi connectivity index (χ2v) is 2.83. The van der Waals surface area contributed by atoms with Crippen LogP contribution < -0.4 is 5.32 Å². The summed E-state index contributed by atoms with van der Waals surface area (Å²) in [4.78, 5) is 1.93. The molecule has 0 amide bonds.